The van der Waals surface area contributed by atoms with E-state index in [4.69, 9.17) is 16.3 Å². The monoisotopic (exact) mass is 375 g/mol. The lowest BCUT2D eigenvalue weighted by Crippen LogP contribution is -2.39. The van der Waals surface area contributed by atoms with Crippen LogP contribution in [0.4, 0.5) is 4.39 Å². The third-order valence-corrected chi connectivity index (χ3v) is 4.73. The summed E-state index contributed by atoms with van der Waals surface area (Å²) in [4.78, 5) is 24.5. The van der Waals surface area contributed by atoms with E-state index >= 15 is 0 Å². The van der Waals surface area contributed by atoms with Gasteiger partial charge >= 0.3 is 5.97 Å². The molecule has 6 heteroatoms. The Bertz CT molecular complexity index is 840. The second-order valence-electron chi connectivity index (χ2n) is 6.32. The van der Waals surface area contributed by atoms with Gasteiger partial charge in [0.15, 0.2) is 6.10 Å². The number of hydrogen-bond acceptors (Lipinski definition) is 3. The van der Waals surface area contributed by atoms with Crippen LogP contribution < -0.4 is 5.32 Å². The first kappa shape index (κ1) is 18.4. The molecule has 4 nitrogen and oxygen atoms in total. The summed E-state index contributed by atoms with van der Waals surface area (Å²) in [6.45, 7) is 1.47. The second kappa shape index (κ2) is 7.87. The molecule has 0 heterocycles. The van der Waals surface area contributed by atoms with Gasteiger partial charge in [-0.3, -0.25) is 4.79 Å². The van der Waals surface area contributed by atoms with Gasteiger partial charge < -0.3 is 10.1 Å². The average Bonchev–Trinajstić information content (AvgIpc) is 2.61. The molecule has 0 bridgehead atoms. The summed E-state index contributed by atoms with van der Waals surface area (Å²) in [6.07, 6.45) is 1.76. The number of ether oxygens (including phenoxy) is 1. The van der Waals surface area contributed by atoms with Crippen molar-refractivity contribution in [3.63, 3.8) is 0 Å². The van der Waals surface area contributed by atoms with Gasteiger partial charge in [-0.05, 0) is 55.5 Å². The number of rotatable bonds is 4. The van der Waals surface area contributed by atoms with E-state index in [1.807, 2.05) is 18.2 Å². The number of benzene rings is 2. The normalized spacial score (nSPS) is 17.1. The largest absolute Gasteiger partial charge is 0.449 e. The van der Waals surface area contributed by atoms with Gasteiger partial charge in [-0.25, -0.2) is 9.18 Å². The van der Waals surface area contributed by atoms with Crippen LogP contribution in [0.2, 0.25) is 5.02 Å². The van der Waals surface area contributed by atoms with Crippen molar-refractivity contribution in [2.24, 2.45) is 0 Å². The van der Waals surface area contributed by atoms with Crippen LogP contribution in [0.3, 0.4) is 0 Å². The van der Waals surface area contributed by atoms with Gasteiger partial charge in [0.2, 0.25) is 0 Å². The highest BCUT2D eigenvalue weighted by Crippen LogP contribution is 2.29. The predicted octanol–water partition coefficient (Wildman–Crippen LogP) is 4.22. The fourth-order valence-electron chi connectivity index (χ4n) is 3.13. The van der Waals surface area contributed by atoms with Crippen molar-refractivity contribution in [1.82, 2.24) is 5.32 Å². The first-order valence-corrected chi connectivity index (χ1v) is 8.87. The zero-order chi connectivity index (χ0) is 18.7. The summed E-state index contributed by atoms with van der Waals surface area (Å²) in [6, 6.07) is 11.5. The van der Waals surface area contributed by atoms with E-state index in [0.717, 1.165) is 30.9 Å². The molecule has 0 saturated heterocycles. The lowest BCUT2D eigenvalue weighted by atomic mass is 9.87. The summed E-state index contributed by atoms with van der Waals surface area (Å²) >= 11 is 5.67. The molecule has 26 heavy (non-hydrogen) atoms. The lowest BCUT2D eigenvalue weighted by molar-refractivity contribution is -0.130. The standard InChI is InChI=1S/C20H19ClFNO3/c1-12(26-20(25)16-10-9-14(21)11-17(16)22)19(24)23-18-8-4-6-13-5-2-3-7-15(13)18/h2-3,5,7,9-12,18H,4,6,8H2,1H3,(H,23,24)/t12-,18-/m0/s1. The fraction of sp³-hybridized carbons (Fsp3) is 0.300. The van der Waals surface area contributed by atoms with Crippen LogP contribution in [0.25, 0.3) is 0 Å². The quantitative estimate of drug-likeness (QED) is 0.814. The highest BCUT2D eigenvalue weighted by molar-refractivity contribution is 6.30. The van der Waals surface area contributed by atoms with Gasteiger partial charge in [0.1, 0.15) is 5.82 Å². The van der Waals surface area contributed by atoms with Crippen molar-refractivity contribution in [1.29, 1.82) is 0 Å². The number of halogens is 2. The second-order valence-corrected chi connectivity index (χ2v) is 6.76. The maximum atomic E-state index is 13.8. The van der Waals surface area contributed by atoms with Crippen LogP contribution in [0.5, 0.6) is 0 Å². The van der Waals surface area contributed by atoms with Crippen molar-refractivity contribution < 1.29 is 18.7 Å². The van der Waals surface area contributed by atoms with Crippen LogP contribution >= 0.6 is 11.6 Å². The molecule has 0 saturated carbocycles. The Hall–Kier alpha value is -2.40. The number of nitrogens with one attached hydrogen (secondary N) is 1. The predicted molar refractivity (Wildman–Crippen MR) is 96.6 cm³/mol. The highest BCUT2D eigenvalue weighted by atomic mass is 35.5. The maximum Gasteiger partial charge on any atom is 0.341 e. The van der Waals surface area contributed by atoms with Gasteiger partial charge in [-0.2, -0.15) is 0 Å². The van der Waals surface area contributed by atoms with E-state index in [1.165, 1.54) is 24.6 Å². The van der Waals surface area contributed by atoms with Crippen molar-refractivity contribution in [2.45, 2.75) is 38.3 Å². The molecule has 0 fully saturated rings. The maximum absolute atomic E-state index is 13.8. The van der Waals surface area contributed by atoms with Crippen LogP contribution in [-0.4, -0.2) is 18.0 Å². The number of amides is 1. The molecule has 0 spiro atoms. The fourth-order valence-corrected chi connectivity index (χ4v) is 3.28. The van der Waals surface area contributed by atoms with Crippen molar-refractivity contribution in [2.75, 3.05) is 0 Å². The molecule has 2 atom stereocenters. The van der Waals surface area contributed by atoms with Crippen LogP contribution in [0.15, 0.2) is 42.5 Å². The summed E-state index contributed by atoms with van der Waals surface area (Å²) < 4.78 is 18.9. The van der Waals surface area contributed by atoms with Crippen LogP contribution in [0, 0.1) is 5.82 Å². The molecule has 2 aromatic rings. The minimum Gasteiger partial charge on any atom is -0.449 e. The molecule has 0 aromatic heterocycles. The zero-order valence-electron chi connectivity index (χ0n) is 14.3. The molecule has 1 amide bonds. The van der Waals surface area contributed by atoms with Crippen molar-refractivity contribution >= 4 is 23.5 Å². The molecule has 0 aliphatic heterocycles. The molecule has 0 unspecified atom stereocenters. The number of carbonyl (C=O) groups is 2. The molecule has 1 aliphatic carbocycles. The van der Waals surface area contributed by atoms with Crippen molar-refractivity contribution in [3.8, 4) is 0 Å². The Labute approximate surface area is 156 Å². The Kier molecular flexibility index (Phi) is 5.57. The third-order valence-electron chi connectivity index (χ3n) is 4.49. The number of hydrogen-bond donors (Lipinski definition) is 1. The Morgan fingerprint density at radius 3 is 2.81 bits per heavy atom. The summed E-state index contributed by atoms with van der Waals surface area (Å²) in [5.41, 5.74) is 2.06. The van der Waals surface area contributed by atoms with E-state index in [0.29, 0.717) is 0 Å². The first-order chi connectivity index (χ1) is 12.5. The molecular formula is C20H19ClFNO3. The van der Waals surface area contributed by atoms with E-state index in [9.17, 15) is 14.0 Å². The van der Waals surface area contributed by atoms with Gasteiger partial charge in [0.25, 0.3) is 5.91 Å². The Morgan fingerprint density at radius 2 is 2.04 bits per heavy atom. The van der Waals surface area contributed by atoms with E-state index in [-0.39, 0.29) is 16.6 Å². The van der Waals surface area contributed by atoms with E-state index < -0.39 is 23.8 Å². The minimum absolute atomic E-state index is 0.110. The average molecular weight is 376 g/mol. The Morgan fingerprint density at radius 1 is 1.27 bits per heavy atom. The van der Waals surface area contributed by atoms with Gasteiger partial charge in [-0.15, -0.1) is 0 Å². The summed E-state index contributed by atoms with van der Waals surface area (Å²) in [5, 5.41) is 3.11. The molecule has 1 N–H and O–H groups in total. The number of fused-ring (bicyclic) bond motifs is 1. The van der Waals surface area contributed by atoms with Crippen LogP contribution in [-0.2, 0) is 16.0 Å². The molecule has 2 aromatic carbocycles. The number of aryl methyl sites for hydroxylation is 1. The van der Waals surface area contributed by atoms with E-state index in [2.05, 4.69) is 11.4 Å². The lowest BCUT2D eigenvalue weighted by Gasteiger charge is -2.27. The summed E-state index contributed by atoms with van der Waals surface area (Å²) in [5.74, 6) is -2.09. The summed E-state index contributed by atoms with van der Waals surface area (Å²) in [7, 11) is 0. The van der Waals surface area contributed by atoms with Crippen LogP contribution in [0.1, 0.15) is 47.3 Å². The van der Waals surface area contributed by atoms with Gasteiger partial charge in [0.05, 0.1) is 11.6 Å². The smallest absolute Gasteiger partial charge is 0.341 e. The Balaban J connectivity index is 1.64. The third kappa shape index (κ3) is 4.05. The molecule has 136 valence electrons. The van der Waals surface area contributed by atoms with Gasteiger partial charge in [-0.1, -0.05) is 35.9 Å². The molecule has 0 radical (unpaired) electrons. The van der Waals surface area contributed by atoms with E-state index in [1.54, 1.807) is 0 Å². The number of carbonyl (C=O) groups excluding carboxylic acids is 2. The van der Waals surface area contributed by atoms with Crippen molar-refractivity contribution in [3.05, 3.63) is 70.0 Å². The zero-order valence-corrected chi connectivity index (χ0v) is 15.1. The topological polar surface area (TPSA) is 55.4 Å². The van der Waals surface area contributed by atoms with Gasteiger partial charge in [0, 0.05) is 5.02 Å². The number of esters is 1. The highest BCUT2D eigenvalue weighted by Gasteiger charge is 2.26. The molecule has 1 aliphatic rings. The molecule has 3 rings (SSSR count). The SMILES string of the molecule is C[C@H](OC(=O)c1ccc(Cl)cc1F)C(=O)N[C@H]1CCCc2ccccc21. The minimum atomic E-state index is -1.04. The molecular weight excluding hydrogens is 357 g/mol. The first-order valence-electron chi connectivity index (χ1n) is 8.50.